The van der Waals surface area contributed by atoms with Crippen LogP contribution in [0.15, 0.2) is 70.3 Å². The Labute approximate surface area is 268 Å². The topological polar surface area (TPSA) is 68.3 Å². The Bertz CT molecular complexity index is 1490. The van der Waals surface area contributed by atoms with Gasteiger partial charge >= 0.3 is 5.69 Å². The highest BCUT2D eigenvalue weighted by atomic mass is 35.5. The number of aryl methyl sites for hydroxylation is 2. The molecule has 43 heavy (non-hydrogen) atoms. The van der Waals surface area contributed by atoms with Crippen LogP contribution in [0.3, 0.4) is 0 Å². The normalized spacial score (nSPS) is 11.5. The molecule has 0 aliphatic rings. The van der Waals surface area contributed by atoms with E-state index in [2.05, 4.69) is 98.2 Å². The lowest BCUT2D eigenvalue weighted by Gasteiger charge is -2.33. The van der Waals surface area contributed by atoms with Gasteiger partial charge in [0.05, 0.1) is 6.04 Å². The largest absolute Gasteiger partial charge is 0.332 e. The Kier molecular flexibility index (Phi) is 14.2. The van der Waals surface area contributed by atoms with Crippen molar-refractivity contribution in [2.45, 2.75) is 53.1 Å². The van der Waals surface area contributed by atoms with Crippen LogP contribution in [-0.4, -0.2) is 61.2 Å². The summed E-state index contributed by atoms with van der Waals surface area (Å²) in [6.45, 7) is 13.9. The molecule has 0 amide bonds. The molecule has 236 valence electrons. The highest BCUT2D eigenvalue weighted by molar-refractivity contribution is 5.85. The number of hydrogen-bond acceptors (Lipinski definition) is 5. The van der Waals surface area contributed by atoms with Crippen molar-refractivity contribution in [3.05, 3.63) is 98.5 Å². The van der Waals surface area contributed by atoms with Gasteiger partial charge in [0.15, 0.2) is 11.2 Å². The van der Waals surface area contributed by atoms with Gasteiger partial charge in [-0.2, -0.15) is 0 Å². The molecule has 2 heterocycles. The first-order valence-electron chi connectivity index (χ1n) is 15.0. The molecule has 0 aliphatic carbocycles. The smallest absolute Gasteiger partial charge is 0.325 e. The van der Waals surface area contributed by atoms with Gasteiger partial charge in [-0.05, 0) is 43.1 Å². The lowest BCUT2D eigenvalue weighted by atomic mass is 9.97. The van der Waals surface area contributed by atoms with E-state index in [1.54, 1.807) is 11.6 Å². The molecular formula is C33H48Cl2N6O2. The molecule has 0 saturated carbocycles. The van der Waals surface area contributed by atoms with Crippen molar-refractivity contribution in [1.82, 2.24) is 28.5 Å². The fraction of sp³-hybridized carbons (Fsp3) is 0.485. The van der Waals surface area contributed by atoms with E-state index in [-0.39, 0.29) is 48.0 Å². The fourth-order valence-corrected chi connectivity index (χ4v) is 5.74. The first-order chi connectivity index (χ1) is 19.8. The summed E-state index contributed by atoms with van der Waals surface area (Å²) < 4.78 is 4.73. The highest BCUT2D eigenvalue weighted by Gasteiger charge is 2.22. The first-order valence-corrected chi connectivity index (χ1v) is 15.0. The summed E-state index contributed by atoms with van der Waals surface area (Å²) in [5, 5.41) is 0. The fourth-order valence-electron chi connectivity index (χ4n) is 5.74. The molecule has 0 fully saturated rings. The van der Waals surface area contributed by atoms with Crippen LogP contribution in [0.2, 0.25) is 0 Å². The predicted octanol–water partition coefficient (Wildman–Crippen LogP) is 5.30. The Balaban J connectivity index is 0.00000323. The number of rotatable bonds is 14. The van der Waals surface area contributed by atoms with Gasteiger partial charge in [0.25, 0.3) is 5.56 Å². The Morgan fingerprint density at radius 2 is 1.37 bits per heavy atom. The molecule has 0 atom stereocenters. The number of imidazole rings is 1. The summed E-state index contributed by atoms with van der Waals surface area (Å²) in [5.41, 5.74) is 3.04. The van der Waals surface area contributed by atoms with E-state index in [1.807, 2.05) is 11.6 Å². The summed E-state index contributed by atoms with van der Waals surface area (Å²) >= 11 is 0. The van der Waals surface area contributed by atoms with Gasteiger partial charge in [-0.15, -0.1) is 24.8 Å². The van der Waals surface area contributed by atoms with E-state index >= 15 is 0 Å². The second kappa shape index (κ2) is 16.8. The van der Waals surface area contributed by atoms with Gasteiger partial charge < -0.3 is 9.47 Å². The van der Waals surface area contributed by atoms with E-state index in [1.165, 1.54) is 15.7 Å². The predicted molar refractivity (Wildman–Crippen MR) is 182 cm³/mol. The summed E-state index contributed by atoms with van der Waals surface area (Å²) in [6, 6.07) is 21.8. The lowest BCUT2D eigenvalue weighted by molar-refractivity contribution is 0.186. The Hall–Kier alpha value is -2.91. The van der Waals surface area contributed by atoms with Crippen molar-refractivity contribution in [2.24, 2.45) is 20.0 Å². The first kappa shape index (κ1) is 36.3. The minimum absolute atomic E-state index is 0. The molecule has 2 aromatic heterocycles. The van der Waals surface area contributed by atoms with E-state index < -0.39 is 0 Å². The molecule has 0 saturated heterocycles. The summed E-state index contributed by atoms with van der Waals surface area (Å²) in [7, 11) is 3.44. The second-order valence-corrected chi connectivity index (χ2v) is 11.3. The third-order valence-corrected chi connectivity index (χ3v) is 8.03. The minimum atomic E-state index is -0.303. The summed E-state index contributed by atoms with van der Waals surface area (Å²) in [4.78, 5) is 35.7. The second-order valence-electron chi connectivity index (χ2n) is 11.3. The minimum Gasteiger partial charge on any atom is -0.325 e. The molecule has 0 bridgehead atoms. The average molecular weight is 632 g/mol. The standard InChI is InChI=1S/C33H46N6O2.2ClH/c1-7-37(22-23-38(8-2)29(26-16-11-9-12-17-26)27-18-13-10-14-19-27)21-15-20-28-34-31-30(35(28)5)32(40)36(6)33(41)39(31)24-25(3)4;;/h9-14,16-19,25,29H,7-8,15,20-24H2,1-6H3;2*1H. The van der Waals surface area contributed by atoms with Crippen LogP contribution in [0.4, 0.5) is 0 Å². The van der Waals surface area contributed by atoms with E-state index in [0.29, 0.717) is 17.7 Å². The van der Waals surface area contributed by atoms with Crippen molar-refractivity contribution < 1.29 is 0 Å². The summed E-state index contributed by atoms with van der Waals surface area (Å²) in [6.07, 6.45) is 1.67. The zero-order valence-electron chi connectivity index (χ0n) is 26.4. The maximum atomic E-state index is 13.0. The van der Waals surface area contributed by atoms with Gasteiger partial charge in [0.1, 0.15) is 5.82 Å². The van der Waals surface area contributed by atoms with Gasteiger partial charge in [0, 0.05) is 40.2 Å². The lowest BCUT2D eigenvalue weighted by Crippen LogP contribution is -2.39. The monoisotopic (exact) mass is 630 g/mol. The van der Waals surface area contributed by atoms with Crippen LogP contribution in [0.1, 0.15) is 57.1 Å². The highest BCUT2D eigenvalue weighted by Crippen LogP contribution is 2.28. The number of halogens is 2. The number of benzene rings is 2. The number of fused-ring (bicyclic) bond motifs is 1. The molecule has 0 N–H and O–H groups in total. The van der Waals surface area contributed by atoms with Crippen LogP contribution in [0.25, 0.3) is 11.2 Å². The van der Waals surface area contributed by atoms with Crippen molar-refractivity contribution in [3.63, 3.8) is 0 Å². The molecular weight excluding hydrogens is 583 g/mol. The zero-order chi connectivity index (χ0) is 29.5. The zero-order valence-corrected chi connectivity index (χ0v) is 28.0. The third kappa shape index (κ3) is 8.38. The molecule has 8 nitrogen and oxygen atoms in total. The summed E-state index contributed by atoms with van der Waals surface area (Å²) in [5.74, 6) is 1.11. The molecule has 4 aromatic rings. The number of hydrogen-bond donors (Lipinski definition) is 0. The molecule has 0 aliphatic heterocycles. The van der Waals surface area contributed by atoms with Crippen LogP contribution in [0, 0.1) is 5.92 Å². The van der Waals surface area contributed by atoms with Gasteiger partial charge in [0.2, 0.25) is 0 Å². The molecule has 0 radical (unpaired) electrons. The molecule has 2 aromatic carbocycles. The molecule has 0 spiro atoms. The van der Waals surface area contributed by atoms with Gasteiger partial charge in [-0.1, -0.05) is 88.4 Å². The number of nitrogens with zero attached hydrogens (tertiary/aromatic N) is 6. The van der Waals surface area contributed by atoms with E-state index in [0.717, 1.165) is 51.4 Å². The van der Waals surface area contributed by atoms with Gasteiger partial charge in [-0.25, -0.2) is 9.78 Å². The SMILES string of the molecule is CCN(CCCc1nc2c(c(=O)n(C)c(=O)n2CC(C)C)n1C)CCN(CC)C(c1ccccc1)c1ccccc1.Cl.Cl. The van der Waals surface area contributed by atoms with Crippen molar-refractivity contribution >= 4 is 36.0 Å². The van der Waals surface area contributed by atoms with E-state index in [9.17, 15) is 9.59 Å². The van der Waals surface area contributed by atoms with Crippen molar-refractivity contribution in [1.29, 1.82) is 0 Å². The maximum Gasteiger partial charge on any atom is 0.332 e. The Morgan fingerprint density at radius 3 is 1.88 bits per heavy atom. The third-order valence-electron chi connectivity index (χ3n) is 8.03. The van der Waals surface area contributed by atoms with E-state index in [4.69, 9.17) is 4.98 Å². The number of aromatic nitrogens is 4. The molecule has 10 heteroatoms. The van der Waals surface area contributed by atoms with Crippen LogP contribution < -0.4 is 11.2 Å². The average Bonchev–Trinajstić information content (AvgIpc) is 3.31. The van der Waals surface area contributed by atoms with Crippen LogP contribution in [-0.2, 0) is 27.1 Å². The van der Waals surface area contributed by atoms with Crippen LogP contribution >= 0.6 is 24.8 Å². The quantitative estimate of drug-likeness (QED) is 0.189. The van der Waals surface area contributed by atoms with Gasteiger partial charge in [-0.3, -0.25) is 18.8 Å². The van der Waals surface area contributed by atoms with Crippen molar-refractivity contribution in [3.8, 4) is 0 Å². The van der Waals surface area contributed by atoms with Crippen LogP contribution in [0.5, 0.6) is 0 Å². The molecule has 4 rings (SSSR count). The number of likely N-dealkylation sites (N-methyl/N-ethyl adjacent to an activating group) is 2. The Morgan fingerprint density at radius 1 is 0.791 bits per heavy atom. The maximum absolute atomic E-state index is 13.0. The molecule has 0 unspecified atom stereocenters. The van der Waals surface area contributed by atoms with Crippen molar-refractivity contribution in [2.75, 3.05) is 32.7 Å².